The SMILES string of the molecule is COc1cc(CC(=O)Nc2ccc(C(CC(=O)O)c3ccc(F)cc3)cc2)ccc1NC(=O)N1CCc2ccccc21. The first-order valence-electron chi connectivity index (χ1n) is 13.5. The molecule has 1 heterocycles. The summed E-state index contributed by atoms with van der Waals surface area (Å²) in [5.74, 6) is -1.63. The molecule has 0 fully saturated rings. The molecular formula is C33H30FN3O5. The smallest absolute Gasteiger partial charge is 0.326 e. The molecule has 4 aromatic rings. The number of carboxylic acid groups (broad SMARTS) is 1. The molecule has 0 bridgehead atoms. The van der Waals surface area contributed by atoms with Crippen molar-refractivity contribution in [1.82, 2.24) is 0 Å². The quantitative estimate of drug-likeness (QED) is 0.223. The summed E-state index contributed by atoms with van der Waals surface area (Å²) in [5.41, 5.74) is 5.20. The van der Waals surface area contributed by atoms with Gasteiger partial charge in [0, 0.05) is 23.8 Å². The lowest BCUT2D eigenvalue weighted by molar-refractivity contribution is -0.137. The van der Waals surface area contributed by atoms with Crippen LogP contribution in [0.3, 0.4) is 0 Å². The molecule has 0 radical (unpaired) electrons. The zero-order valence-electron chi connectivity index (χ0n) is 23.0. The second-order valence-corrected chi connectivity index (χ2v) is 10.0. The van der Waals surface area contributed by atoms with Crippen molar-refractivity contribution >= 4 is 35.0 Å². The number of carbonyl (C=O) groups is 3. The number of carbonyl (C=O) groups excluding carboxylic acids is 2. The molecule has 214 valence electrons. The van der Waals surface area contributed by atoms with Crippen LogP contribution < -0.4 is 20.3 Å². The van der Waals surface area contributed by atoms with Crippen LogP contribution in [0.1, 0.15) is 34.6 Å². The number of aliphatic carboxylic acids is 1. The topological polar surface area (TPSA) is 108 Å². The van der Waals surface area contributed by atoms with Crippen LogP contribution in [0.4, 0.5) is 26.2 Å². The van der Waals surface area contributed by atoms with Crippen LogP contribution in [0, 0.1) is 5.82 Å². The number of halogens is 1. The van der Waals surface area contributed by atoms with E-state index in [9.17, 15) is 23.9 Å². The monoisotopic (exact) mass is 567 g/mol. The molecule has 1 aliphatic heterocycles. The number of nitrogens with zero attached hydrogens (tertiary/aromatic N) is 1. The van der Waals surface area contributed by atoms with E-state index in [1.807, 2.05) is 24.3 Å². The average molecular weight is 568 g/mol. The molecule has 1 aliphatic rings. The largest absolute Gasteiger partial charge is 0.495 e. The Labute approximate surface area is 242 Å². The lowest BCUT2D eigenvalue weighted by atomic mass is 9.88. The van der Waals surface area contributed by atoms with Crippen LogP contribution in [0.15, 0.2) is 91.0 Å². The van der Waals surface area contributed by atoms with Gasteiger partial charge in [0.25, 0.3) is 0 Å². The maximum atomic E-state index is 13.4. The highest BCUT2D eigenvalue weighted by molar-refractivity contribution is 6.04. The third-order valence-electron chi connectivity index (χ3n) is 7.25. The van der Waals surface area contributed by atoms with Crippen LogP contribution in [-0.4, -0.2) is 36.7 Å². The van der Waals surface area contributed by atoms with Crippen molar-refractivity contribution in [3.8, 4) is 5.75 Å². The summed E-state index contributed by atoms with van der Waals surface area (Å²) in [6, 6.07) is 25.4. The number of para-hydroxylation sites is 1. The van der Waals surface area contributed by atoms with Crippen LogP contribution in [-0.2, 0) is 22.4 Å². The van der Waals surface area contributed by atoms with E-state index in [4.69, 9.17) is 4.74 Å². The van der Waals surface area contributed by atoms with E-state index >= 15 is 0 Å². The van der Waals surface area contributed by atoms with Crippen molar-refractivity contribution in [2.75, 3.05) is 29.2 Å². The minimum absolute atomic E-state index is 0.0725. The number of nitrogens with one attached hydrogen (secondary N) is 2. The summed E-state index contributed by atoms with van der Waals surface area (Å²) in [6.45, 7) is 0.596. The van der Waals surface area contributed by atoms with Gasteiger partial charge in [-0.15, -0.1) is 0 Å². The van der Waals surface area contributed by atoms with E-state index in [0.29, 0.717) is 34.8 Å². The Kier molecular flexibility index (Phi) is 8.47. The second-order valence-electron chi connectivity index (χ2n) is 10.0. The molecule has 9 heteroatoms. The number of hydrogen-bond acceptors (Lipinski definition) is 4. The summed E-state index contributed by atoms with van der Waals surface area (Å²) in [7, 11) is 1.51. The molecule has 1 unspecified atom stereocenters. The van der Waals surface area contributed by atoms with Crippen LogP contribution >= 0.6 is 0 Å². The lowest BCUT2D eigenvalue weighted by Crippen LogP contribution is -2.33. The molecule has 0 spiro atoms. The number of methoxy groups -OCH3 is 1. The van der Waals surface area contributed by atoms with Gasteiger partial charge in [0.2, 0.25) is 5.91 Å². The number of amides is 3. The maximum absolute atomic E-state index is 13.4. The minimum Gasteiger partial charge on any atom is -0.495 e. The molecule has 8 nitrogen and oxygen atoms in total. The van der Waals surface area contributed by atoms with Gasteiger partial charge >= 0.3 is 12.0 Å². The molecule has 0 saturated carbocycles. The number of ether oxygens (including phenoxy) is 1. The number of carboxylic acids is 1. The number of urea groups is 1. The minimum atomic E-state index is -0.968. The van der Waals surface area contributed by atoms with E-state index in [1.54, 1.807) is 59.5 Å². The van der Waals surface area contributed by atoms with E-state index in [2.05, 4.69) is 10.6 Å². The summed E-state index contributed by atoms with van der Waals surface area (Å²) >= 11 is 0. The van der Waals surface area contributed by atoms with Crippen LogP contribution in [0.5, 0.6) is 5.75 Å². The Morgan fingerprint density at radius 1 is 0.929 bits per heavy atom. The van der Waals surface area contributed by atoms with Gasteiger partial charge in [-0.3, -0.25) is 14.5 Å². The molecule has 5 rings (SSSR count). The Hall–Kier alpha value is -5.18. The summed E-state index contributed by atoms with van der Waals surface area (Å²) in [5, 5.41) is 15.2. The highest BCUT2D eigenvalue weighted by Crippen LogP contribution is 2.31. The van der Waals surface area contributed by atoms with Crippen molar-refractivity contribution < 1.29 is 28.6 Å². The molecule has 0 aromatic heterocycles. The Balaban J connectivity index is 1.22. The molecule has 4 aromatic carbocycles. The average Bonchev–Trinajstić information content (AvgIpc) is 3.42. The first-order valence-corrected chi connectivity index (χ1v) is 13.5. The van der Waals surface area contributed by atoms with E-state index in [-0.39, 0.29) is 24.8 Å². The molecule has 1 atom stereocenters. The molecule has 42 heavy (non-hydrogen) atoms. The Morgan fingerprint density at radius 2 is 1.62 bits per heavy atom. The normalized spacial score (nSPS) is 12.8. The number of hydrogen-bond donors (Lipinski definition) is 3. The molecular weight excluding hydrogens is 537 g/mol. The fourth-order valence-corrected chi connectivity index (χ4v) is 5.17. The van der Waals surface area contributed by atoms with Crippen molar-refractivity contribution in [3.05, 3.63) is 119 Å². The first-order chi connectivity index (χ1) is 20.3. The molecule has 0 saturated heterocycles. The third kappa shape index (κ3) is 6.58. The van der Waals surface area contributed by atoms with Crippen molar-refractivity contribution in [2.45, 2.75) is 25.2 Å². The summed E-state index contributed by atoms with van der Waals surface area (Å²) in [4.78, 5) is 39.0. The highest BCUT2D eigenvalue weighted by atomic mass is 19.1. The summed E-state index contributed by atoms with van der Waals surface area (Å²) < 4.78 is 18.9. The lowest BCUT2D eigenvalue weighted by Gasteiger charge is -2.19. The molecule has 3 N–H and O–H groups in total. The van der Waals surface area contributed by atoms with Gasteiger partial charge in [0.15, 0.2) is 0 Å². The number of benzene rings is 4. The third-order valence-corrected chi connectivity index (χ3v) is 7.25. The Morgan fingerprint density at radius 3 is 2.31 bits per heavy atom. The maximum Gasteiger partial charge on any atom is 0.326 e. The standard InChI is InChI=1S/C33H30FN3O5/c1-42-30-18-21(6-15-28(30)36-33(41)37-17-16-24-4-2-3-5-29(24)37)19-31(38)35-26-13-9-23(10-14-26)27(20-32(39)40)22-7-11-25(34)12-8-22/h2-15,18,27H,16-17,19-20H2,1H3,(H,35,38)(H,36,41)(H,39,40). The number of fused-ring (bicyclic) bond motifs is 1. The highest BCUT2D eigenvalue weighted by Gasteiger charge is 2.25. The van der Waals surface area contributed by atoms with Gasteiger partial charge in [-0.1, -0.05) is 48.5 Å². The van der Waals surface area contributed by atoms with Gasteiger partial charge in [-0.25, -0.2) is 9.18 Å². The van der Waals surface area contributed by atoms with Gasteiger partial charge < -0.3 is 20.5 Å². The van der Waals surface area contributed by atoms with Crippen LogP contribution in [0.25, 0.3) is 0 Å². The Bertz CT molecular complexity index is 1610. The van der Waals surface area contributed by atoms with Crippen molar-refractivity contribution in [3.63, 3.8) is 0 Å². The predicted octanol–water partition coefficient (Wildman–Crippen LogP) is 6.22. The second kappa shape index (κ2) is 12.6. The van der Waals surface area contributed by atoms with E-state index in [0.717, 1.165) is 23.2 Å². The first kappa shape index (κ1) is 28.4. The number of rotatable bonds is 9. The van der Waals surface area contributed by atoms with E-state index in [1.165, 1.54) is 19.2 Å². The summed E-state index contributed by atoms with van der Waals surface area (Å²) in [6.07, 6.45) is 0.721. The fourth-order valence-electron chi connectivity index (χ4n) is 5.17. The van der Waals surface area contributed by atoms with Gasteiger partial charge in [0.1, 0.15) is 11.6 Å². The van der Waals surface area contributed by atoms with Gasteiger partial charge in [-0.2, -0.15) is 0 Å². The zero-order valence-corrected chi connectivity index (χ0v) is 23.0. The zero-order chi connectivity index (χ0) is 29.6. The van der Waals surface area contributed by atoms with E-state index < -0.39 is 17.7 Å². The predicted molar refractivity (Wildman–Crippen MR) is 159 cm³/mol. The van der Waals surface area contributed by atoms with Crippen molar-refractivity contribution in [1.29, 1.82) is 0 Å². The van der Waals surface area contributed by atoms with Gasteiger partial charge in [-0.05, 0) is 71.1 Å². The molecule has 0 aliphatic carbocycles. The fraction of sp³-hybridized carbons (Fsp3) is 0.182. The number of anilines is 3. The van der Waals surface area contributed by atoms with Crippen LogP contribution in [0.2, 0.25) is 0 Å². The molecule has 3 amide bonds. The van der Waals surface area contributed by atoms with Crippen molar-refractivity contribution in [2.24, 2.45) is 0 Å². The van der Waals surface area contributed by atoms with Gasteiger partial charge in [0.05, 0.1) is 25.6 Å².